The van der Waals surface area contributed by atoms with Gasteiger partial charge in [-0.25, -0.2) is 18.6 Å². The number of carbonyl (C=O) groups is 1. The van der Waals surface area contributed by atoms with Crippen LogP contribution in [0.5, 0.6) is 0 Å². The predicted octanol–water partition coefficient (Wildman–Crippen LogP) is 4.87. The van der Waals surface area contributed by atoms with Gasteiger partial charge in [0.05, 0.1) is 11.0 Å². The topological polar surface area (TPSA) is 66.0 Å². The van der Waals surface area contributed by atoms with Gasteiger partial charge >= 0.3 is 5.97 Å². The smallest absolute Gasteiger partial charge is 0.371 e. The molecule has 0 atom stereocenters. The third-order valence-electron chi connectivity index (χ3n) is 4.13. The number of aromatic carboxylic acids is 1. The summed E-state index contributed by atoms with van der Waals surface area (Å²) < 4.78 is 26.5. The minimum absolute atomic E-state index is 0.181. The summed E-state index contributed by atoms with van der Waals surface area (Å²) in [5.41, 5.74) is 3.91. The first-order chi connectivity index (χ1) is 12.5. The number of benzene rings is 3. The van der Waals surface area contributed by atoms with Crippen LogP contribution in [0.2, 0.25) is 0 Å². The van der Waals surface area contributed by atoms with E-state index in [2.05, 4.69) is 9.97 Å². The highest BCUT2D eigenvalue weighted by Crippen LogP contribution is 2.33. The molecule has 0 saturated carbocycles. The van der Waals surface area contributed by atoms with Crippen LogP contribution in [0, 0.1) is 11.6 Å². The van der Waals surface area contributed by atoms with E-state index in [4.69, 9.17) is 0 Å². The lowest BCUT2D eigenvalue weighted by atomic mass is 9.97. The lowest BCUT2D eigenvalue weighted by molar-refractivity contribution is 0.0685. The molecule has 26 heavy (non-hydrogen) atoms. The normalized spacial score (nSPS) is 11.0. The molecule has 3 aromatic carbocycles. The number of nitrogens with zero attached hydrogens (tertiary/aromatic N) is 1. The molecule has 2 N–H and O–H groups in total. The first-order valence-corrected chi connectivity index (χ1v) is 7.80. The van der Waals surface area contributed by atoms with Gasteiger partial charge < -0.3 is 10.1 Å². The molecule has 0 aliphatic rings. The standard InChI is InChI=1S/C20H12F2N2O2/c21-14-5-1-11(2-6-14)13-9-16(12-3-7-15(22)8-4-12)18-17(10-13)23-19(24-18)20(25)26/h1-10H,(H,23,24)(H,25,26). The van der Waals surface area contributed by atoms with E-state index in [1.54, 1.807) is 30.3 Å². The zero-order valence-electron chi connectivity index (χ0n) is 13.3. The maximum atomic E-state index is 13.3. The molecule has 0 saturated heterocycles. The summed E-state index contributed by atoms with van der Waals surface area (Å²) in [5.74, 6) is -2.06. The molecule has 6 heteroatoms. The third kappa shape index (κ3) is 2.82. The molecule has 1 aromatic heterocycles. The monoisotopic (exact) mass is 350 g/mol. The number of aromatic nitrogens is 2. The number of nitrogens with one attached hydrogen (secondary N) is 1. The van der Waals surface area contributed by atoms with E-state index in [1.165, 1.54) is 24.3 Å². The molecule has 4 aromatic rings. The highest BCUT2D eigenvalue weighted by molar-refractivity contribution is 5.99. The van der Waals surface area contributed by atoms with Gasteiger partial charge in [0.2, 0.25) is 5.82 Å². The molecule has 0 amide bonds. The molecule has 0 spiro atoms. The van der Waals surface area contributed by atoms with Crippen molar-refractivity contribution in [3.63, 3.8) is 0 Å². The average molecular weight is 350 g/mol. The maximum absolute atomic E-state index is 13.3. The van der Waals surface area contributed by atoms with Crippen molar-refractivity contribution in [2.24, 2.45) is 0 Å². The van der Waals surface area contributed by atoms with Gasteiger partial charge in [-0.1, -0.05) is 24.3 Å². The minimum atomic E-state index is -1.17. The Labute approximate surface area is 146 Å². The lowest BCUT2D eigenvalue weighted by Crippen LogP contribution is -1.97. The van der Waals surface area contributed by atoms with Crippen molar-refractivity contribution < 1.29 is 18.7 Å². The van der Waals surface area contributed by atoms with Crippen LogP contribution in [-0.4, -0.2) is 21.0 Å². The lowest BCUT2D eigenvalue weighted by Gasteiger charge is -2.08. The Morgan fingerprint density at radius 3 is 2.00 bits per heavy atom. The van der Waals surface area contributed by atoms with Crippen molar-refractivity contribution in [2.45, 2.75) is 0 Å². The molecule has 0 aliphatic heterocycles. The molecule has 4 rings (SSSR count). The molecule has 1 heterocycles. The Morgan fingerprint density at radius 1 is 0.846 bits per heavy atom. The highest BCUT2D eigenvalue weighted by atomic mass is 19.1. The van der Waals surface area contributed by atoms with Crippen molar-refractivity contribution in [3.8, 4) is 22.3 Å². The van der Waals surface area contributed by atoms with Crippen molar-refractivity contribution in [3.05, 3.63) is 78.1 Å². The zero-order valence-corrected chi connectivity index (χ0v) is 13.3. The Kier molecular flexibility index (Phi) is 3.73. The number of hydrogen-bond donors (Lipinski definition) is 2. The second-order valence-corrected chi connectivity index (χ2v) is 5.82. The molecule has 0 radical (unpaired) electrons. The molecule has 0 fully saturated rings. The summed E-state index contributed by atoms with van der Waals surface area (Å²) in [7, 11) is 0. The van der Waals surface area contributed by atoms with E-state index < -0.39 is 5.97 Å². The number of H-pyrrole nitrogens is 1. The van der Waals surface area contributed by atoms with Gasteiger partial charge in [-0.3, -0.25) is 0 Å². The number of fused-ring (bicyclic) bond motifs is 1. The maximum Gasteiger partial charge on any atom is 0.371 e. The van der Waals surface area contributed by atoms with Crippen molar-refractivity contribution in [1.82, 2.24) is 9.97 Å². The Balaban J connectivity index is 1.98. The van der Waals surface area contributed by atoms with E-state index in [-0.39, 0.29) is 17.5 Å². The predicted molar refractivity (Wildman–Crippen MR) is 93.8 cm³/mol. The summed E-state index contributed by atoms with van der Waals surface area (Å²) in [6, 6.07) is 15.4. The van der Waals surface area contributed by atoms with Crippen LogP contribution in [0.4, 0.5) is 8.78 Å². The SMILES string of the molecule is O=C(O)c1nc2cc(-c3ccc(F)cc3)cc(-c3ccc(F)cc3)c2[nH]1. The Hall–Kier alpha value is -3.54. The quantitative estimate of drug-likeness (QED) is 0.554. The fourth-order valence-electron chi connectivity index (χ4n) is 2.88. The van der Waals surface area contributed by atoms with Gasteiger partial charge in [-0.05, 0) is 53.1 Å². The molecule has 128 valence electrons. The number of rotatable bonds is 3. The fourth-order valence-corrected chi connectivity index (χ4v) is 2.88. The van der Waals surface area contributed by atoms with E-state index >= 15 is 0 Å². The van der Waals surface area contributed by atoms with Gasteiger partial charge in [0.25, 0.3) is 0 Å². The van der Waals surface area contributed by atoms with E-state index in [0.717, 1.165) is 11.1 Å². The van der Waals surface area contributed by atoms with Crippen molar-refractivity contribution in [1.29, 1.82) is 0 Å². The number of aromatic amines is 1. The molecule has 0 unspecified atom stereocenters. The Bertz CT molecular complexity index is 1120. The zero-order chi connectivity index (χ0) is 18.3. The summed E-state index contributed by atoms with van der Waals surface area (Å²) in [6.07, 6.45) is 0. The summed E-state index contributed by atoms with van der Waals surface area (Å²) in [5, 5.41) is 9.22. The van der Waals surface area contributed by atoms with Gasteiger partial charge in [0.1, 0.15) is 11.6 Å². The number of hydrogen-bond acceptors (Lipinski definition) is 2. The van der Waals surface area contributed by atoms with Gasteiger partial charge in [0, 0.05) is 5.56 Å². The summed E-state index contributed by atoms with van der Waals surface area (Å²) in [6.45, 7) is 0. The van der Waals surface area contributed by atoms with Gasteiger partial charge in [-0.2, -0.15) is 0 Å². The number of carboxylic acids is 1. The molecular weight excluding hydrogens is 338 g/mol. The van der Waals surface area contributed by atoms with E-state index in [1.807, 2.05) is 6.07 Å². The number of halogens is 2. The molecule has 4 nitrogen and oxygen atoms in total. The summed E-state index contributed by atoms with van der Waals surface area (Å²) in [4.78, 5) is 18.2. The molecule has 0 bridgehead atoms. The van der Waals surface area contributed by atoms with Crippen LogP contribution >= 0.6 is 0 Å². The summed E-state index contributed by atoms with van der Waals surface area (Å²) >= 11 is 0. The number of carboxylic acid groups (broad SMARTS) is 1. The second kappa shape index (κ2) is 6.07. The van der Waals surface area contributed by atoms with Gasteiger partial charge in [-0.15, -0.1) is 0 Å². The molecular formula is C20H12F2N2O2. The number of imidazole rings is 1. The van der Waals surface area contributed by atoms with E-state index in [0.29, 0.717) is 22.2 Å². The van der Waals surface area contributed by atoms with Crippen LogP contribution in [0.3, 0.4) is 0 Å². The highest BCUT2D eigenvalue weighted by Gasteiger charge is 2.15. The second-order valence-electron chi connectivity index (χ2n) is 5.82. The van der Waals surface area contributed by atoms with E-state index in [9.17, 15) is 18.7 Å². The average Bonchev–Trinajstić information content (AvgIpc) is 3.07. The van der Waals surface area contributed by atoms with Crippen LogP contribution in [0.15, 0.2) is 60.7 Å². The van der Waals surface area contributed by atoms with Crippen molar-refractivity contribution >= 4 is 17.0 Å². The third-order valence-corrected chi connectivity index (χ3v) is 4.13. The van der Waals surface area contributed by atoms with Crippen molar-refractivity contribution in [2.75, 3.05) is 0 Å². The van der Waals surface area contributed by atoms with Crippen LogP contribution in [0.1, 0.15) is 10.6 Å². The van der Waals surface area contributed by atoms with Crippen LogP contribution < -0.4 is 0 Å². The first kappa shape index (κ1) is 16.0. The largest absolute Gasteiger partial charge is 0.475 e. The van der Waals surface area contributed by atoms with Crippen LogP contribution in [0.25, 0.3) is 33.3 Å². The fraction of sp³-hybridized carbons (Fsp3) is 0. The van der Waals surface area contributed by atoms with Gasteiger partial charge in [0.15, 0.2) is 0 Å². The van der Waals surface area contributed by atoms with Crippen LogP contribution in [-0.2, 0) is 0 Å². The minimum Gasteiger partial charge on any atom is -0.475 e. The Morgan fingerprint density at radius 2 is 1.42 bits per heavy atom. The first-order valence-electron chi connectivity index (χ1n) is 7.80. The molecule has 0 aliphatic carbocycles.